The highest BCUT2D eigenvalue weighted by atomic mass is 14.9. The Labute approximate surface area is 67.9 Å². The Morgan fingerprint density at radius 2 is 2.09 bits per heavy atom. The number of hydrogen-bond donors (Lipinski definition) is 3. The van der Waals surface area contributed by atoms with Gasteiger partial charge >= 0.3 is 0 Å². The maximum atomic E-state index is 7.36. The van der Waals surface area contributed by atoms with Crippen LogP contribution in [0.2, 0.25) is 0 Å². The largest absolute Gasteiger partial charge is 0.387 e. The molecule has 1 saturated carbocycles. The Morgan fingerprint density at radius 3 is 2.55 bits per heavy atom. The highest BCUT2D eigenvalue weighted by molar-refractivity contribution is 5.80. The summed E-state index contributed by atoms with van der Waals surface area (Å²) in [5, 5.41) is 10.6. The van der Waals surface area contributed by atoms with Crippen LogP contribution < -0.4 is 11.1 Å². The van der Waals surface area contributed by atoms with Crippen molar-refractivity contribution in [3.63, 3.8) is 0 Å². The highest BCUT2D eigenvalue weighted by Gasteiger charge is 2.25. The molecular formula is C8H17N3. The van der Waals surface area contributed by atoms with E-state index in [1.165, 1.54) is 19.3 Å². The second kappa shape index (κ2) is 3.72. The van der Waals surface area contributed by atoms with Gasteiger partial charge in [-0.15, -0.1) is 0 Å². The highest BCUT2D eigenvalue weighted by Crippen LogP contribution is 2.23. The lowest BCUT2D eigenvalue weighted by molar-refractivity contribution is 0.336. The van der Waals surface area contributed by atoms with E-state index in [-0.39, 0.29) is 5.92 Å². The van der Waals surface area contributed by atoms with Crippen LogP contribution in [0.4, 0.5) is 0 Å². The fourth-order valence-corrected chi connectivity index (χ4v) is 1.85. The van der Waals surface area contributed by atoms with Crippen LogP contribution in [-0.2, 0) is 0 Å². The van der Waals surface area contributed by atoms with E-state index in [4.69, 9.17) is 11.1 Å². The molecule has 4 N–H and O–H groups in total. The van der Waals surface area contributed by atoms with Gasteiger partial charge in [-0.3, -0.25) is 5.41 Å². The monoisotopic (exact) mass is 155 g/mol. The van der Waals surface area contributed by atoms with Gasteiger partial charge in [0.2, 0.25) is 0 Å². The zero-order valence-electron chi connectivity index (χ0n) is 7.06. The molecule has 64 valence electrons. The summed E-state index contributed by atoms with van der Waals surface area (Å²) >= 11 is 0. The lowest BCUT2D eigenvalue weighted by Gasteiger charge is -2.30. The quantitative estimate of drug-likeness (QED) is 0.406. The summed E-state index contributed by atoms with van der Waals surface area (Å²) in [5.41, 5.74) is 5.48. The van der Waals surface area contributed by atoms with Crippen LogP contribution in [0.1, 0.15) is 25.7 Å². The zero-order valence-corrected chi connectivity index (χ0v) is 7.06. The third-order valence-electron chi connectivity index (χ3n) is 2.54. The van der Waals surface area contributed by atoms with Crippen molar-refractivity contribution in [3.05, 3.63) is 0 Å². The molecule has 0 spiro atoms. The van der Waals surface area contributed by atoms with Crippen molar-refractivity contribution in [1.82, 2.24) is 5.32 Å². The normalized spacial score (nSPS) is 31.7. The van der Waals surface area contributed by atoms with Crippen molar-refractivity contribution in [1.29, 1.82) is 5.41 Å². The molecule has 0 aromatic carbocycles. The topological polar surface area (TPSA) is 61.9 Å². The van der Waals surface area contributed by atoms with Gasteiger partial charge in [0.15, 0.2) is 0 Å². The van der Waals surface area contributed by atoms with Crippen molar-refractivity contribution >= 4 is 5.84 Å². The molecular weight excluding hydrogens is 138 g/mol. The average Bonchev–Trinajstić information content (AvgIpc) is 2.04. The van der Waals surface area contributed by atoms with Crippen molar-refractivity contribution in [2.24, 2.45) is 11.7 Å². The third kappa shape index (κ3) is 1.93. The van der Waals surface area contributed by atoms with Gasteiger partial charge in [-0.05, 0) is 19.9 Å². The van der Waals surface area contributed by atoms with Crippen LogP contribution in [-0.4, -0.2) is 18.9 Å². The molecule has 0 saturated heterocycles. The SMILES string of the molecule is CN[C@H]1CCCC[C@H]1C(=N)N. The van der Waals surface area contributed by atoms with E-state index in [1.807, 2.05) is 7.05 Å². The number of nitrogens with one attached hydrogen (secondary N) is 2. The maximum Gasteiger partial charge on any atom is 0.0952 e. The van der Waals surface area contributed by atoms with E-state index in [2.05, 4.69) is 5.32 Å². The molecule has 0 bridgehead atoms. The molecule has 0 aromatic rings. The Kier molecular flexibility index (Phi) is 2.88. The third-order valence-corrected chi connectivity index (χ3v) is 2.54. The maximum absolute atomic E-state index is 7.36. The van der Waals surface area contributed by atoms with E-state index >= 15 is 0 Å². The van der Waals surface area contributed by atoms with Gasteiger partial charge in [0.25, 0.3) is 0 Å². The number of rotatable bonds is 2. The average molecular weight is 155 g/mol. The Bertz CT molecular complexity index is 144. The number of nitrogens with two attached hydrogens (primary N) is 1. The first-order chi connectivity index (χ1) is 5.25. The minimum absolute atomic E-state index is 0.286. The second-order valence-electron chi connectivity index (χ2n) is 3.24. The molecule has 2 atom stereocenters. The molecule has 0 aromatic heterocycles. The molecule has 0 amide bonds. The first-order valence-electron chi connectivity index (χ1n) is 4.27. The molecule has 0 unspecified atom stereocenters. The molecule has 11 heavy (non-hydrogen) atoms. The van der Waals surface area contributed by atoms with Gasteiger partial charge < -0.3 is 11.1 Å². The fraction of sp³-hybridized carbons (Fsp3) is 0.875. The summed E-state index contributed by atoms with van der Waals surface area (Å²) in [5.74, 6) is 0.637. The predicted molar refractivity (Wildman–Crippen MR) is 46.7 cm³/mol. The van der Waals surface area contributed by atoms with Crippen LogP contribution >= 0.6 is 0 Å². The molecule has 0 radical (unpaired) electrons. The first kappa shape index (κ1) is 8.53. The van der Waals surface area contributed by atoms with E-state index in [0.29, 0.717) is 11.9 Å². The first-order valence-corrected chi connectivity index (χ1v) is 4.27. The van der Waals surface area contributed by atoms with Crippen LogP contribution in [0, 0.1) is 11.3 Å². The Hall–Kier alpha value is -0.570. The minimum atomic E-state index is 0.286. The molecule has 0 aliphatic heterocycles. The lowest BCUT2D eigenvalue weighted by atomic mass is 9.84. The van der Waals surface area contributed by atoms with Crippen molar-refractivity contribution in [3.8, 4) is 0 Å². The van der Waals surface area contributed by atoms with Crippen LogP contribution in [0.5, 0.6) is 0 Å². The van der Waals surface area contributed by atoms with Gasteiger partial charge in [-0.2, -0.15) is 0 Å². The molecule has 3 heteroatoms. The molecule has 1 rings (SSSR count). The molecule has 1 aliphatic rings. The second-order valence-corrected chi connectivity index (χ2v) is 3.24. The van der Waals surface area contributed by atoms with Crippen LogP contribution in [0.15, 0.2) is 0 Å². The summed E-state index contributed by atoms with van der Waals surface area (Å²) < 4.78 is 0. The van der Waals surface area contributed by atoms with E-state index in [0.717, 1.165) is 6.42 Å². The van der Waals surface area contributed by atoms with Gasteiger partial charge in [-0.25, -0.2) is 0 Å². The van der Waals surface area contributed by atoms with Gasteiger partial charge in [0.1, 0.15) is 0 Å². The van der Waals surface area contributed by atoms with E-state index in [1.54, 1.807) is 0 Å². The van der Waals surface area contributed by atoms with E-state index in [9.17, 15) is 0 Å². The van der Waals surface area contributed by atoms with Crippen molar-refractivity contribution in [2.45, 2.75) is 31.7 Å². The summed E-state index contributed by atoms with van der Waals surface area (Å²) in [4.78, 5) is 0. The standard InChI is InChI=1S/C8H17N3/c1-11-7-5-3-2-4-6(7)8(9)10/h6-7,11H,2-5H2,1H3,(H3,9,10)/t6-,7+/m1/s1. The zero-order chi connectivity index (χ0) is 8.27. The van der Waals surface area contributed by atoms with E-state index < -0.39 is 0 Å². The number of hydrogen-bond acceptors (Lipinski definition) is 2. The summed E-state index contributed by atoms with van der Waals surface area (Å²) in [6.07, 6.45) is 4.75. The van der Waals surface area contributed by atoms with Gasteiger partial charge in [0, 0.05) is 12.0 Å². The van der Waals surface area contributed by atoms with Gasteiger partial charge in [0.05, 0.1) is 5.84 Å². The minimum Gasteiger partial charge on any atom is -0.387 e. The lowest BCUT2D eigenvalue weighted by Crippen LogP contribution is -2.42. The van der Waals surface area contributed by atoms with Crippen molar-refractivity contribution in [2.75, 3.05) is 7.05 Å². The Balaban J connectivity index is 2.51. The van der Waals surface area contributed by atoms with Crippen molar-refractivity contribution < 1.29 is 0 Å². The predicted octanol–water partition coefficient (Wildman–Crippen LogP) is 0.701. The van der Waals surface area contributed by atoms with Gasteiger partial charge in [-0.1, -0.05) is 12.8 Å². The molecule has 0 heterocycles. The summed E-state index contributed by atoms with van der Waals surface area (Å²) in [6.45, 7) is 0. The Morgan fingerprint density at radius 1 is 1.45 bits per heavy atom. The summed E-state index contributed by atoms with van der Waals surface area (Å²) in [7, 11) is 1.95. The molecule has 1 fully saturated rings. The van der Waals surface area contributed by atoms with Crippen LogP contribution in [0.3, 0.4) is 0 Å². The smallest absolute Gasteiger partial charge is 0.0952 e. The number of amidine groups is 1. The molecule has 1 aliphatic carbocycles. The molecule has 3 nitrogen and oxygen atoms in total. The van der Waals surface area contributed by atoms with Crippen LogP contribution in [0.25, 0.3) is 0 Å². The summed E-state index contributed by atoms with van der Waals surface area (Å²) in [6, 6.07) is 0.446. The fourth-order valence-electron chi connectivity index (χ4n) is 1.85.